The van der Waals surface area contributed by atoms with Crippen molar-refractivity contribution in [1.29, 1.82) is 0 Å². The van der Waals surface area contributed by atoms with Crippen LogP contribution in [0.2, 0.25) is 0 Å². The molecule has 0 spiro atoms. The molecule has 1 rings (SSSR count). The average molecular weight is 279 g/mol. The molecule has 0 amide bonds. The summed E-state index contributed by atoms with van der Waals surface area (Å²) in [7, 11) is 0. The molecule has 0 saturated carbocycles. The zero-order valence-electron chi connectivity index (χ0n) is 12.5. The molecule has 4 heteroatoms. The highest BCUT2D eigenvalue weighted by Gasteiger charge is 2.24. The number of rotatable bonds is 8. The number of aliphatic hydroxyl groups is 1. The van der Waals surface area contributed by atoms with Gasteiger partial charge in [-0.1, -0.05) is 38.1 Å². The van der Waals surface area contributed by atoms with Crippen LogP contribution in [0.15, 0.2) is 24.3 Å². The van der Waals surface area contributed by atoms with Gasteiger partial charge in [0.1, 0.15) is 0 Å². The largest absolute Gasteiger partial charge is 0.481 e. The SMILES string of the molecule is CCC(CC)(CO)NCc1ccc(C(C)C(=O)O)cc1. The topological polar surface area (TPSA) is 69.6 Å². The van der Waals surface area contributed by atoms with E-state index in [1.807, 2.05) is 24.3 Å². The van der Waals surface area contributed by atoms with E-state index in [9.17, 15) is 9.90 Å². The lowest BCUT2D eigenvalue weighted by atomic mass is 9.93. The third-order valence-corrected chi connectivity index (χ3v) is 4.17. The Kier molecular flexibility index (Phi) is 6.17. The van der Waals surface area contributed by atoms with Gasteiger partial charge < -0.3 is 15.5 Å². The number of benzene rings is 1. The van der Waals surface area contributed by atoms with E-state index in [1.165, 1.54) is 0 Å². The van der Waals surface area contributed by atoms with Crippen LogP contribution >= 0.6 is 0 Å². The van der Waals surface area contributed by atoms with Gasteiger partial charge in [0.2, 0.25) is 0 Å². The van der Waals surface area contributed by atoms with Crippen LogP contribution < -0.4 is 5.32 Å². The highest BCUT2D eigenvalue weighted by atomic mass is 16.4. The molecule has 0 bridgehead atoms. The smallest absolute Gasteiger partial charge is 0.310 e. The van der Waals surface area contributed by atoms with Crippen LogP contribution in [0.25, 0.3) is 0 Å². The standard InChI is InChI=1S/C16H25NO3/c1-4-16(5-2,11-18)17-10-13-6-8-14(9-7-13)12(3)15(19)20/h6-9,12,17-18H,4-5,10-11H2,1-3H3,(H,19,20). The van der Waals surface area contributed by atoms with Crippen molar-refractivity contribution in [2.45, 2.75) is 51.6 Å². The zero-order valence-corrected chi connectivity index (χ0v) is 12.5. The molecule has 20 heavy (non-hydrogen) atoms. The van der Waals surface area contributed by atoms with E-state index in [2.05, 4.69) is 19.2 Å². The van der Waals surface area contributed by atoms with Gasteiger partial charge in [0, 0.05) is 12.1 Å². The number of aliphatic hydroxyl groups excluding tert-OH is 1. The number of nitrogens with one attached hydrogen (secondary N) is 1. The molecule has 0 saturated heterocycles. The van der Waals surface area contributed by atoms with Gasteiger partial charge >= 0.3 is 5.97 Å². The van der Waals surface area contributed by atoms with Crippen molar-refractivity contribution < 1.29 is 15.0 Å². The van der Waals surface area contributed by atoms with Crippen molar-refractivity contribution in [3.05, 3.63) is 35.4 Å². The van der Waals surface area contributed by atoms with Crippen molar-refractivity contribution >= 4 is 5.97 Å². The third-order valence-electron chi connectivity index (χ3n) is 4.17. The van der Waals surface area contributed by atoms with Gasteiger partial charge in [-0.05, 0) is 30.9 Å². The number of aliphatic carboxylic acids is 1. The van der Waals surface area contributed by atoms with Crippen LogP contribution in [0.5, 0.6) is 0 Å². The van der Waals surface area contributed by atoms with Crippen molar-refractivity contribution in [2.24, 2.45) is 0 Å². The predicted molar refractivity (Wildman–Crippen MR) is 79.7 cm³/mol. The van der Waals surface area contributed by atoms with E-state index in [-0.39, 0.29) is 12.1 Å². The maximum atomic E-state index is 10.9. The Morgan fingerprint density at radius 1 is 1.25 bits per heavy atom. The molecule has 0 aliphatic carbocycles. The summed E-state index contributed by atoms with van der Waals surface area (Å²) < 4.78 is 0. The molecule has 1 atom stereocenters. The first-order valence-electron chi connectivity index (χ1n) is 7.15. The number of carbonyl (C=O) groups is 1. The Bertz CT molecular complexity index is 416. The summed E-state index contributed by atoms with van der Waals surface area (Å²) in [5.41, 5.74) is 1.67. The van der Waals surface area contributed by atoms with E-state index < -0.39 is 11.9 Å². The molecular formula is C16H25NO3. The molecule has 1 aromatic rings. The molecule has 0 aliphatic rings. The molecule has 0 fully saturated rings. The van der Waals surface area contributed by atoms with E-state index in [1.54, 1.807) is 6.92 Å². The quantitative estimate of drug-likeness (QED) is 0.684. The second-order valence-corrected chi connectivity index (χ2v) is 5.30. The van der Waals surface area contributed by atoms with Crippen molar-refractivity contribution in [2.75, 3.05) is 6.61 Å². The van der Waals surface area contributed by atoms with Gasteiger partial charge in [0.05, 0.1) is 12.5 Å². The maximum Gasteiger partial charge on any atom is 0.310 e. The second kappa shape index (κ2) is 7.41. The average Bonchev–Trinajstić information content (AvgIpc) is 2.49. The Labute approximate surface area is 120 Å². The minimum absolute atomic E-state index is 0.119. The first kappa shape index (κ1) is 16.7. The molecule has 3 N–H and O–H groups in total. The van der Waals surface area contributed by atoms with Crippen molar-refractivity contribution in [3.63, 3.8) is 0 Å². The number of hydrogen-bond acceptors (Lipinski definition) is 3. The summed E-state index contributed by atoms with van der Waals surface area (Å²) in [6.45, 7) is 6.59. The Balaban J connectivity index is 2.68. The van der Waals surface area contributed by atoms with Crippen molar-refractivity contribution in [1.82, 2.24) is 5.32 Å². The van der Waals surface area contributed by atoms with E-state index in [4.69, 9.17) is 5.11 Å². The molecule has 1 unspecified atom stereocenters. The summed E-state index contributed by atoms with van der Waals surface area (Å²) in [5, 5.41) is 21.9. The van der Waals surface area contributed by atoms with Gasteiger partial charge in [-0.2, -0.15) is 0 Å². The first-order chi connectivity index (χ1) is 9.48. The maximum absolute atomic E-state index is 10.9. The molecule has 0 aliphatic heterocycles. The molecule has 0 aromatic heterocycles. The van der Waals surface area contributed by atoms with Gasteiger partial charge in [-0.3, -0.25) is 4.79 Å². The van der Waals surface area contributed by atoms with Gasteiger partial charge in [0.25, 0.3) is 0 Å². The Hall–Kier alpha value is -1.39. The summed E-state index contributed by atoms with van der Waals surface area (Å²) in [6.07, 6.45) is 1.74. The fourth-order valence-electron chi connectivity index (χ4n) is 2.14. The van der Waals surface area contributed by atoms with Gasteiger partial charge in [-0.15, -0.1) is 0 Å². The number of carboxylic acid groups (broad SMARTS) is 1. The minimum Gasteiger partial charge on any atom is -0.481 e. The van der Waals surface area contributed by atoms with Crippen LogP contribution in [0, 0.1) is 0 Å². The number of hydrogen-bond donors (Lipinski definition) is 3. The van der Waals surface area contributed by atoms with Crippen LogP contribution in [-0.2, 0) is 11.3 Å². The highest BCUT2D eigenvalue weighted by molar-refractivity contribution is 5.75. The fourth-order valence-corrected chi connectivity index (χ4v) is 2.14. The normalized spacial score (nSPS) is 13.2. The third kappa shape index (κ3) is 4.05. The monoisotopic (exact) mass is 279 g/mol. The van der Waals surface area contributed by atoms with Crippen LogP contribution in [0.3, 0.4) is 0 Å². The lowest BCUT2D eigenvalue weighted by Crippen LogP contribution is -2.47. The Morgan fingerprint density at radius 3 is 2.20 bits per heavy atom. The Morgan fingerprint density at radius 2 is 1.80 bits per heavy atom. The highest BCUT2D eigenvalue weighted by Crippen LogP contribution is 2.18. The van der Waals surface area contributed by atoms with Crippen molar-refractivity contribution in [3.8, 4) is 0 Å². The zero-order chi connectivity index (χ0) is 15.2. The minimum atomic E-state index is -0.813. The summed E-state index contributed by atoms with van der Waals surface area (Å²) in [6, 6.07) is 7.59. The molecule has 0 radical (unpaired) electrons. The van der Waals surface area contributed by atoms with Crippen LogP contribution in [0.4, 0.5) is 0 Å². The summed E-state index contributed by atoms with van der Waals surface area (Å²) in [4.78, 5) is 10.9. The number of carboxylic acids is 1. The van der Waals surface area contributed by atoms with Gasteiger partial charge in [-0.25, -0.2) is 0 Å². The second-order valence-electron chi connectivity index (χ2n) is 5.30. The van der Waals surface area contributed by atoms with Crippen LogP contribution in [-0.4, -0.2) is 28.3 Å². The summed E-state index contributed by atoms with van der Waals surface area (Å²) >= 11 is 0. The molecule has 1 aromatic carbocycles. The molecule has 0 heterocycles. The molecule has 4 nitrogen and oxygen atoms in total. The predicted octanol–water partition coefficient (Wildman–Crippen LogP) is 2.52. The molecular weight excluding hydrogens is 254 g/mol. The molecule has 112 valence electrons. The van der Waals surface area contributed by atoms with E-state index in [0.717, 1.165) is 24.0 Å². The first-order valence-corrected chi connectivity index (χ1v) is 7.15. The summed E-state index contributed by atoms with van der Waals surface area (Å²) in [5.74, 6) is -1.30. The van der Waals surface area contributed by atoms with Crippen LogP contribution in [0.1, 0.15) is 50.7 Å². The lowest BCUT2D eigenvalue weighted by molar-refractivity contribution is -0.138. The van der Waals surface area contributed by atoms with E-state index >= 15 is 0 Å². The van der Waals surface area contributed by atoms with E-state index in [0.29, 0.717) is 6.54 Å². The van der Waals surface area contributed by atoms with Gasteiger partial charge in [0.15, 0.2) is 0 Å². The lowest BCUT2D eigenvalue weighted by Gasteiger charge is -2.31. The fraction of sp³-hybridized carbons (Fsp3) is 0.562.